The second-order valence-electron chi connectivity index (χ2n) is 8.41. The van der Waals surface area contributed by atoms with Gasteiger partial charge < -0.3 is 20.7 Å². The zero-order valence-electron chi connectivity index (χ0n) is 18.9. The summed E-state index contributed by atoms with van der Waals surface area (Å²) in [5.74, 6) is 0.756. The van der Waals surface area contributed by atoms with Gasteiger partial charge in [-0.2, -0.15) is 0 Å². The van der Waals surface area contributed by atoms with Crippen LogP contribution in [0.2, 0.25) is 5.02 Å². The number of nitrogen functional groups attached to an aromatic ring is 1. The molecule has 0 aliphatic carbocycles. The number of carbonyl (C=O) groups excluding carboxylic acids is 1. The largest absolute Gasteiger partial charge is 0.496 e. The molecule has 180 valence electrons. The second-order valence-corrected chi connectivity index (χ2v) is 10.9. The molecule has 1 heterocycles. The van der Waals surface area contributed by atoms with Crippen molar-refractivity contribution in [1.29, 1.82) is 0 Å². The van der Waals surface area contributed by atoms with Gasteiger partial charge in [-0.3, -0.25) is 4.79 Å². The number of unbranched alkanes of at least 4 members (excludes halogenated alkanes) is 1. The number of likely N-dealkylation sites (tertiary alicyclic amines) is 1. The van der Waals surface area contributed by atoms with E-state index in [0.29, 0.717) is 45.8 Å². The molecule has 9 heteroatoms. The molecule has 1 saturated heterocycles. The van der Waals surface area contributed by atoms with E-state index >= 15 is 0 Å². The summed E-state index contributed by atoms with van der Waals surface area (Å²) in [7, 11) is -1.71. The molecule has 7 nitrogen and oxygen atoms in total. The third-order valence-electron chi connectivity index (χ3n) is 6.06. The van der Waals surface area contributed by atoms with Crippen LogP contribution in [0, 0.1) is 5.92 Å². The molecule has 0 unspecified atom stereocenters. The van der Waals surface area contributed by atoms with Gasteiger partial charge in [0.2, 0.25) is 0 Å². The first-order valence-corrected chi connectivity index (χ1v) is 13.2. The molecule has 0 bridgehead atoms. The third kappa shape index (κ3) is 7.09. The average Bonchev–Trinajstić information content (AvgIpc) is 2.83. The Labute approximate surface area is 201 Å². The molecule has 1 fully saturated rings. The highest BCUT2D eigenvalue weighted by molar-refractivity contribution is 7.91. The van der Waals surface area contributed by atoms with Gasteiger partial charge >= 0.3 is 0 Å². The molecule has 3 rings (SSSR count). The van der Waals surface area contributed by atoms with Crippen LogP contribution < -0.4 is 15.8 Å². The number of benzene rings is 2. The first kappa shape index (κ1) is 25.3. The molecule has 0 saturated carbocycles. The van der Waals surface area contributed by atoms with Gasteiger partial charge in [-0.1, -0.05) is 29.8 Å². The number of methoxy groups -OCH3 is 1. The van der Waals surface area contributed by atoms with Gasteiger partial charge in [0.05, 0.1) is 34.0 Å². The Hall–Kier alpha value is -2.29. The molecule has 0 radical (unpaired) electrons. The zero-order chi connectivity index (χ0) is 23.8. The van der Waals surface area contributed by atoms with Crippen LogP contribution in [0.15, 0.2) is 47.4 Å². The van der Waals surface area contributed by atoms with E-state index in [0.717, 1.165) is 38.9 Å². The maximum Gasteiger partial charge on any atom is 0.255 e. The SMILES string of the molecule is COc1cc(N)c(Cl)cc1C(=O)NCC1CCN(CCCCS(=O)(=O)c2ccccc2)CC1. The number of ether oxygens (including phenoxy) is 1. The average molecular weight is 494 g/mol. The lowest BCUT2D eigenvalue weighted by Gasteiger charge is -2.32. The normalized spacial score (nSPS) is 15.3. The van der Waals surface area contributed by atoms with Crippen LogP contribution >= 0.6 is 11.6 Å². The number of rotatable bonds is 10. The van der Waals surface area contributed by atoms with Gasteiger partial charge in [-0.25, -0.2) is 8.42 Å². The fourth-order valence-corrected chi connectivity index (χ4v) is 5.59. The van der Waals surface area contributed by atoms with E-state index in [-0.39, 0.29) is 11.7 Å². The maximum atomic E-state index is 12.6. The van der Waals surface area contributed by atoms with Gasteiger partial charge in [-0.05, 0) is 69.4 Å². The van der Waals surface area contributed by atoms with Crippen molar-refractivity contribution in [3.05, 3.63) is 53.1 Å². The molecule has 1 amide bonds. The zero-order valence-corrected chi connectivity index (χ0v) is 20.5. The molecule has 33 heavy (non-hydrogen) atoms. The van der Waals surface area contributed by atoms with Crippen LogP contribution in [0.4, 0.5) is 5.69 Å². The number of hydrogen-bond donors (Lipinski definition) is 2. The fourth-order valence-electron chi connectivity index (χ4n) is 4.04. The summed E-state index contributed by atoms with van der Waals surface area (Å²) in [6, 6.07) is 11.7. The minimum absolute atomic E-state index is 0.179. The molecule has 2 aromatic rings. The molecule has 0 atom stereocenters. The smallest absolute Gasteiger partial charge is 0.255 e. The van der Waals surface area contributed by atoms with Crippen molar-refractivity contribution in [2.24, 2.45) is 5.92 Å². The van der Waals surface area contributed by atoms with Gasteiger partial charge in [0, 0.05) is 12.6 Å². The minimum Gasteiger partial charge on any atom is -0.496 e. The Morgan fingerprint density at radius 2 is 1.88 bits per heavy atom. The summed E-state index contributed by atoms with van der Waals surface area (Å²) in [6.45, 7) is 3.38. The fraction of sp³-hybridized carbons (Fsp3) is 0.458. The Kier molecular flexibility index (Phi) is 9.00. The third-order valence-corrected chi connectivity index (χ3v) is 8.21. The van der Waals surface area contributed by atoms with Crippen LogP contribution in [-0.4, -0.2) is 58.3 Å². The predicted molar refractivity (Wildman–Crippen MR) is 132 cm³/mol. The Morgan fingerprint density at radius 3 is 2.55 bits per heavy atom. The number of halogens is 1. The number of anilines is 1. The van der Waals surface area contributed by atoms with E-state index in [1.807, 2.05) is 6.07 Å². The van der Waals surface area contributed by atoms with Gasteiger partial charge in [-0.15, -0.1) is 0 Å². The number of hydrogen-bond acceptors (Lipinski definition) is 6. The number of nitrogens with one attached hydrogen (secondary N) is 1. The quantitative estimate of drug-likeness (QED) is 0.387. The molecule has 3 N–H and O–H groups in total. The number of piperidine rings is 1. The summed E-state index contributed by atoms with van der Waals surface area (Å²) in [5, 5.41) is 3.31. The summed E-state index contributed by atoms with van der Waals surface area (Å²) >= 11 is 6.06. The first-order valence-electron chi connectivity index (χ1n) is 11.2. The van der Waals surface area contributed by atoms with E-state index in [1.54, 1.807) is 30.3 Å². The topological polar surface area (TPSA) is 102 Å². The summed E-state index contributed by atoms with van der Waals surface area (Å²) in [5.41, 5.74) is 6.53. The van der Waals surface area contributed by atoms with E-state index in [4.69, 9.17) is 22.1 Å². The highest BCUT2D eigenvalue weighted by atomic mass is 35.5. The van der Waals surface area contributed by atoms with Crippen LogP contribution in [0.3, 0.4) is 0 Å². The monoisotopic (exact) mass is 493 g/mol. The second kappa shape index (κ2) is 11.7. The number of sulfone groups is 1. The van der Waals surface area contributed by atoms with Crippen LogP contribution in [0.5, 0.6) is 5.75 Å². The lowest BCUT2D eigenvalue weighted by Crippen LogP contribution is -2.39. The van der Waals surface area contributed by atoms with E-state index in [9.17, 15) is 13.2 Å². The maximum absolute atomic E-state index is 12.6. The summed E-state index contributed by atoms with van der Waals surface area (Å²) < 4.78 is 30.0. The van der Waals surface area contributed by atoms with Crippen molar-refractivity contribution in [2.45, 2.75) is 30.6 Å². The number of amides is 1. The lowest BCUT2D eigenvalue weighted by atomic mass is 9.96. The lowest BCUT2D eigenvalue weighted by molar-refractivity contribution is 0.0933. The Balaban J connectivity index is 1.37. The van der Waals surface area contributed by atoms with E-state index in [1.165, 1.54) is 13.2 Å². The summed E-state index contributed by atoms with van der Waals surface area (Å²) in [6.07, 6.45) is 3.48. The number of nitrogens with two attached hydrogens (primary N) is 1. The molecule has 0 spiro atoms. The molecule has 0 aromatic heterocycles. The highest BCUT2D eigenvalue weighted by Crippen LogP contribution is 2.29. The van der Waals surface area contributed by atoms with E-state index in [2.05, 4.69) is 10.2 Å². The number of carbonyl (C=O) groups is 1. The van der Waals surface area contributed by atoms with Crippen molar-refractivity contribution in [3.8, 4) is 5.75 Å². The van der Waals surface area contributed by atoms with Crippen LogP contribution in [-0.2, 0) is 9.84 Å². The van der Waals surface area contributed by atoms with Gasteiger partial charge in [0.1, 0.15) is 5.75 Å². The predicted octanol–water partition coefficient (Wildman–Crippen LogP) is 3.63. The minimum atomic E-state index is -3.20. The Morgan fingerprint density at radius 1 is 1.18 bits per heavy atom. The number of nitrogens with zero attached hydrogens (tertiary/aromatic N) is 1. The highest BCUT2D eigenvalue weighted by Gasteiger charge is 2.21. The molecule has 2 aromatic carbocycles. The molecular formula is C24H32ClN3O4S. The standard InChI is InChI=1S/C24H32ClN3O4S/c1-32-23-16-22(26)21(25)15-20(23)24(29)27-17-18-9-12-28(13-10-18)11-5-6-14-33(30,31)19-7-3-2-4-8-19/h2-4,7-8,15-16,18H,5-6,9-14,17,26H2,1H3,(H,27,29). The van der Waals surface area contributed by atoms with Crippen molar-refractivity contribution < 1.29 is 17.9 Å². The van der Waals surface area contributed by atoms with Gasteiger partial charge in [0.25, 0.3) is 5.91 Å². The Bertz CT molecular complexity index is 1040. The summed E-state index contributed by atoms with van der Waals surface area (Å²) in [4.78, 5) is 15.4. The van der Waals surface area contributed by atoms with E-state index < -0.39 is 9.84 Å². The van der Waals surface area contributed by atoms with Crippen molar-refractivity contribution in [2.75, 3.05) is 44.8 Å². The molecular weight excluding hydrogens is 462 g/mol. The van der Waals surface area contributed by atoms with Crippen LogP contribution in [0.25, 0.3) is 0 Å². The van der Waals surface area contributed by atoms with Crippen molar-refractivity contribution >= 4 is 33.0 Å². The molecule has 1 aliphatic heterocycles. The van der Waals surface area contributed by atoms with Crippen molar-refractivity contribution in [1.82, 2.24) is 10.2 Å². The van der Waals surface area contributed by atoms with Crippen LogP contribution in [0.1, 0.15) is 36.0 Å². The van der Waals surface area contributed by atoms with Crippen molar-refractivity contribution in [3.63, 3.8) is 0 Å². The first-order chi connectivity index (χ1) is 15.8. The molecule has 1 aliphatic rings. The van der Waals surface area contributed by atoms with Gasteiger partial charge in [0.15, 0.2) is 9.84 Å².